The van der Waals surface area contributed by atoms with Crippen molar-refractivity contribution in [3.8, 4) is 0 Å². The molecule has 1 unspecified atom stereocenters. The summed E-state index contributed by atoms with van der Waals surface area (Å²) in [6, 6.07) is 4.17. The van der Waals surface area contributed by atoms with Gasteiger partial charge in [-0.2, -0.15) is 0 Å². The number of nitrogens with two attached hydrogens (primary N) is 1. The molecule has 2 heteroatoms. The van der Waals surface area contributed by atoms with Gasteiger partial charge in [0.25, 0.3) is 0 Å². The minimum atomic E-state index is 0.645. The van der Waals surface area contributed by atoms with E-state index in [1.54, 1.807) is 0 Å². The van der Waals surface area contributed by atoms with Crippen molar-refractivity contribution in [3.05, 3.63) is 24.0 Å². The SMILES string of the molecule is CCCC(C)Cn1cccc1CN. The van der Waals surface area contributed by atoms with E-state index in [0.717, 1.165) is 12.5 Å². The van der Waals surface area contributed by atoms with Crippen molar-refractivity contribution in [2.24, 2.45) is 11.7 Å². The Morgan fingerprint density at radius 2 is 2.31 bits per heavy atom. The summed E-state index contributed by atoms with van der Waals surface area (Å²) in [6.45, 7) is 6.28. The summed E-state index contributed by atoms with van der Waals surface area (Å²) in [4.78, 5) is 0. The number of hydrogen-bond acceptors (Lipinski definition) is 1. The minimum Gasteiger partial charge on any atom is -0.350 e. The first-order chi connectivity index (χ1) is 6.27. The summed E-state index contributed by atoms with van der Waals surface area (Å²) in [6.07, 6.45) is 4.68. The average molecular weight is 180 g/mol. The van der Waals surface area contributed by atoms with Gasteiger partial charge in [0.1, 0.15) is 0 Å². The second kappa shape index (κ2) is 5.07. The van der Waals surface area contributed by atoms with E-state index in [-0.39, 0.29) is 0 Å². The fraction of sp³-hybridized carbons (Fsp3) is 0.636. The van der Waals surface area contributed by atoms with Crippen LogP contribution in [0.2, 0.25) is 0 Å². The van der Waals surface area contributed by atoms with Crippen LogP contribution >= 0.6 is 0 Å². The van der Waals surface area contributed by atoms with E-state index in [2.05, 4.69) is 36.7 Å². The van der Waals surface area contributed by atoms with E-state index >= 15 is 0 Å². The number of nitrogens with zero attached hydrogens (tertiary/aromatic N) is 1. The molecule has 1 atom stereocenters. The molecule has 0 saturated carbocycles. The predicted octanol–water partition coefficient (Wildman–Crippen LogP) is 2.38. The Morgan fingerprint density at radius 1 is 1.54 bits per heavy atom. The quantitative estimate of drug-likeness (QED) is 0.741. The number of hydrogen-bond donors (Lipinski definition) is 1. The van der Waals surface area contributed by atoms with Crippen molar-refractivity contribution >= 4 is 0 Å². The Morgan fingerprint density at radius 3 is 2.92 bits per heavy atom. The first kappa shape index (κ1) is 10.3. The van der Waals surface area contributed by atoms with E-state index in [4.69, 9.17) is 5.73 Å². The zero-order chi connectivity index (χ0) is 9.68. The van der Waals surface area contributed by atoms with Gasteiger partial charge in [-0.05, 0) is 24.5 Å². The van der Waals surface area contributed by atoms with Gasteiger partial charge in [0.05, 0.1) is 0 Å². The molecule has 1 aromatic rings. The zero-order valence-electron chi connectivity index (χ0n) is 8.66. The van der Waals surface area contributed by atoms with Gasteiger partial charge in [0, 0.05) is 25.0 Å². The van der Waals surface area contributed by atoms with E-state index in [1.807, 2.05) is 0 Å². The lowest BCUT2D eigenvalue weighted by Gasteiger charge is -2.13. The maximum Gasteiger partial charge on any atom is 0.0334 e. The third-order valence-corrected chi connectivity index (χ3v) is 2.42. The summed E-state index contributed by atoms with van der Waals surface area (Å²) in [5.41, 5.74) is 6.86. The van der Waals surface area contributed by atoms with Crippen LogP contribution in [0.4, 0.5) is 0 Å². The van der Waals surface area contributed by atoms with Crippen LogP contribution in [0.3, 0.4) is 0 Å². The first-order valence-corrected chi connectivity index (χ1v) is 5.12. The highest BCUT2D eigenvalue weighted by Gasteiger charge is 2.03. The topological polar surface area (TPSA) is 30.9 Å². The van der Waals surface area contributed by atoms with Crippen molar-refractivity contribution in [1.29, 1.82) is 0 Å². The Labute approximate surface area is 80.7 Å². The summed E-state index contributed by atoms with van der Waals surface area (Å²) in [5, 5.41) is 0. The van der Waals surface area contributed by atoms with Crippen molar-refractivity contribution in [2.45, 2.75) is 39.8 Å². The van der Waals surface area contributed by atoms with E-state index < -0.39 is 0 Å². The van der Waals surface area contributed by atoms with Crippen LogP contribution in [-0.2, 0) is 13.1 Å². The molecule has 1 heterocycles. The van der Waals surface area contributed by atoms with Crippen molar-refractivity contribution < 1.29 is 0 Å². The molecule has 0 fully saturated rings. The molecule has 0 aliphatic rings. The van der Waals surface area contributed by atoms with Gasteiger partial charge in [0.15, 0.2) is 0 Å². The highest BCUT2D eigenvalue weighted by molar-refractivity contribution is 5.06. The van der Waals surface area contributed by atoms with Gasteiger partial charge >= 0.3 is 0 Å². The molecule has 0 aromatic carbocycles. The van der Waals surface area contributed by atoms with Crippen LogP contribution in [0.5, 0.6) is 0 Å². The molecule has 0 amide bonds. The third-order valence-electron chi connectivity index (χ3n) is 2.42. The molecular formula is C11H20N2. The zero-order valence-corrected chi connectivity index (χ0v) is 8.66. The molecule has 13 heavy (non-hydrogen) atoms. The fourth-order valence-corrected chi connectivity index (χ4v) is 1.73. The lowest BCUT2D eigenvalue weighted by atomic mass is 10.1. The van der Waals surface area contributed by atoms with Gasteiger partial charge in [-0.25, -0.2) is 0 Å². The highest BCUT2D eigenvalue weighted by atomic mass is 15.0. The van der Waals surface area contributed by atoms with Crippen LogP contribution in [0.25, 0.3) is 0 Å². The molecule has 74 valence electrons. The number of aromatic nitrogens is 1. The van der Waals surface area contributed by atoms with Gasteiger partial charge < -0.3 is 10.3 Å². The molecule has 0 bridgehead atoms. The van der Waals surface area contributed by atoms with Crippen LogP contribution in [0.15, 0.2) is 18.3 Å². The average Bonchev–Trinajstić information content (AvgIpc) is 2.52. The van der Waals surface area contributed by atoms with Crippen molar-refractivity contribution in [3.63, 3.8) is 0 Å². The summed E-state index contributed by atoms with van der Waals surface area (Å²) >= 11 is 0. The normalized spacial score (nSPS) is 13.2. The van der Waals surface area contributed by atoms with Crippen molar-refractivity contribution in [1.82, 2.24) is 4.57 Å². The second-order valence-corrected chi connectivity index (χ2v) is 3.75. The van der Waals surface area contributed by atoms with Gasteiger partial charge in [-0.1, -0.05) is 20.3 Å². The maximum atomic E-state index is 5.62. The van der Waals surface area contributed by atoms with Crippen molar-refractivity contribution in [2.75, 3.05) is 0 Å². The molecule has 2 N–H and O–H groups in total. The van der Waals surface area contributed by atoms with Gasteiger partial charge in [0.2, 0.25) is 0 Å². The summed E-state index contributed by atoms with van der Waals surface area (Å²) in [5.74, 6) is 0.752. The molecule has 0 radical (unpaired) electrons. The summed E-state index contributed by atoms with van der Waals surface area (Å²) < 4.78 is 2.26. The Balaban J connectivity index is 2.52. The van der Waals surface area contributed by atoms with Crippen LogP contribution in [0.1, 0.15) is 32.4 Å². The van der Waals surface area contributed by atoms with Crippen LogP contribution in [0, 0.1) is 5.92 Å². The van der Waals surface area contributed by atoms with E-state index in [0.29, 0.717) is 6.54 Å². The monoisotopic (exact) mass is 180 g/mol. The lowest BCUT2D eigenvalue weighted by Crippen LogP contribution is -2.11. The molecule has 1 aromatic heterocycles. The lowest BCUT2D eigenvalue weighted by molar-refractivity contribution is 0.439. The highest BCUT2D eigenvalue weighted by Crippen LogP contribution is 2.10. The van der Waals surface area contributed by atoms with Crippen LogP contribution in [-0.4, -0.2) is 4.57 Å². The van der Waals surface area contributed by atoms with Gasteiger partial charge in [-0.3, -0.25) is 0 Å². The fourth-order valence-electron chi connectivity index (χ4n) is 1.73. The Hall–Kier alpha value is -0.760. The van der Waals surface area contributed by atoms with E-state index in [9.17, 15) is 0 Å². The molecule has 0 aliphatic carbocycles. The molecular weight excluding hydrogens is 160 g/mol. The molecule has 1 rings (SSSR count). The van der Waals surface area contributed by atoms with Gasteiger partial charge in [-0.15, -0.1) is 0 Å². The predicted molar refractivity (Wildman–Crippen MR) is 56.4 cm³/mol. The Bertz CT molecular complexity index is 240. The Kier molecular flexibility index (Phi) is 4.03. The molecule has 0 aliphatic heterocycles. The second-order valence-electron chi connectivity index (χ2n) is 3.75. The smallest absolute Gasteiger partial charge is 0.0334 e. The molecule has 0 saturated heterocycles. The number of rotatable bonds is 5. The molecule has 0 spiro atoms. The van der Waals surface area contributed by atoms with E-state index in [1.165, 1.54) is 18.5 Å². The standard InChI is InChI=1S/C11H20N2/c1-3-5-10(2)9-13-7-4-6-11(13)8-12/h4,6-7,10H,3,5,8-9,12H2,1-2H3. The molecule has 2 nitrogen and oxygen atoms in total. The van der Waals surface area contributed by atoms with Crippen LogP contribution < -0.4 is 5.73 Å². The maximum absolute atomic E-state index is 5.62. The first-order valence-electron chi connectivity index (χ1n) is 5.12. The largest absolute Gasteiger partial charge is 0.350 e. The third kappa shape index (κ3) is 2.88. The minimum absolute atomic E-state index is 0.645. The summed E-state index contributed by atoms with van der Waals surface area (Å²) in [7, 11) is 0.